The Bertz CT molecular complexity index is 930. The molecule has 0 spiro atoms. The van der Waals surface area contributed by atoms with Crippen LogP contribution in [0.5, 0.6) is 0 Å². The average Bonchev–Trinajstić information content (AvgIpc) is 2.80. The van der Waals surface area contributed by atoms with Crippen LogP contribution in [0.2, 0.25) is 5.15 Å². The zero-order valence-corrected chi connectivity index (χ0v) is 12.3. The van der Waals surface area contributed by atoms with Crippen LogP contribution in [-0.2, 0) is 10.0 Å². The minimum Gasteiger partial charge on any atom is -0.298 e. The number of hydrogen-bond donors (Lipinski definition) is 0. The molecule has 0 aliphatic heterocycles. The van der Waals surface area contributed by atoms with E-state index >= 15 is 0 Å². The Kier molecular flexibility index (Phi) is 3.31. The number of benzene rings is 2. The van der Waals surface area contributed by atoms with Gasteiger partial charge in [0.25, 0.3) is 10.0 Å². The number of para-hydroxylation sites is 1. The minimum atomic E-state index is -3.86. The van der Waals surface area contributed by atoms with Crippen molar-refractivity contribution in [1.29, 1.82) is 0 Å². The molecule has 2 aromatic carbocycles. The van der Waals surface area contributed by atoms with Crippen molar-refractivity contribution >= 4 is 38.8 Å². The highest BCUT2D eigenvalue weighted by Gasteiger charge is 2.25. The minimum absolute atomic E-state index is 0.102. The smallest absolute Gasteiger partial charge is 0.269 e. The fourth-order valence-electron chi connectivity index (χ4n) is 2.25. The molecule has 3 aromatic rings. The van der Waals surface area contributed by atoms with Crippen LogP contribution < -0.4 is 0 Å². The van der Waals surface area contributed by atoms with Gasteiger partial charge in [0.15, 0.2) is 6.29 Å². The Labute approximate surface area is 126 Å². The lowest BCUT2D eigenvalue weighted by Gasteiger charge is -2.08. The summed E-state index contributed by atoms with van der Waals surface area (Å²) in [6.45, 7) is 0. The third kappa shape index (κ3) is 2.05. The van der Waals surface area contributed by atoms with Crippen LogP contribution in [0.4, 0.5) is 0 Å². The average molecular weight is 320 g/mol. The number of aldehydes is 1. The van der Waals surface area contributed by atoms with Gasteiger partial charge in [-0.1, -0.05) is 48.0 Å². The number of aromatic nitrogens is 1. The third-order valence-corrected chi connectivity index (χ3v) is 5.41. The highest BCUT2D eigenvalue weighted by Crippen LogP contribution is 2.32. The maximum absolute atomic E-state index is 12.8. The van der Waals surface area contributed by atoms with E-state index in [1.165, 1.54) is 12.1 Å². The maximum Gasteiger partial charge on any atom is 0.269 e. The lowest BCUT2D eigenvalue weighted by molar-refractivity contribution is 0.112. The Morgan fingerprint density at radius 1 is 0.952 bits per heavy atom. The van der Waals surface area contributed by atoms with Crippen molar-refractivity contribution < 1.29 is 13.2 Å². The second-order valence-corrected chi connectivity index (χ2v) is 6.57. The van der Waals surface area contributed by atoms with Gasteiger partial charge in [0.05, 0.1) is 16.0 Å². The van der Waals surface area contributed by atoms with Gasteiger partial charge < -0.3 is 0 Å². The molecule has 0 bridgehead atoms. The molecule has 0 radical (unpaired) electrons. The maximum atomic E-state index is 12.8. The summed E-state index contributed by atoms with van der Waals surface area (Å²) in [4.78, 5) is 11.3. The van der Waals surface area contributed by atoms with Crippen LogP contribution in [0.15, 0.2) is 59.5 Å². The lowest BCUT2D eigenvalue weighted by Crippen LogP contribution is -2.13. The highest BCUT2D eigenvalue weighted by molar-refractivity contribution is 7.90. The fourth-order valence-corrected chi connectivity index (χ4v) is 4.20. The van der Waals surface area contributed by atoms with Gasteiger partial charge in [0.1, 0.15) is 5.15 Å². The van der Waals surface area contributed by atoms with Crippen LogP contribution >= 0.6 is 11.6 Å². The fraction of sp³-hybridized carbons (Fsp3) is 0. The molecular formula is C15H10ClNO3S. The zero-order valence-electron chi connectivity index (χ0n) is 10.7. The van der Waals surface area contributed by atoms with E-state index in [4.69, 9.17) is 11.6 Å². The van der Waals surface area contributed by atoms with E-state index in [0.717, 1.165) is 3.97 Å². The van der Waals surface area contributed by atoms with Crippen molar-refractivity contribution in [3.05, 3.63) is 65.3 Å². The molecule has 0 saturated carbocycles. The normalized spacial score (nSPS) is 11.7. The quantitative estimate of drug-likeness (QED) is 0.696. The first-order valence-corrected chi connectivity index (χ1v) is 7.94. The molecule has 0 fully saturated rings. The van der Waals surface area contributed by atoms with Crippen molar-refractivity contribution in [2.45, 2.75) is 4.90 Å². The monoisotopic (exact) mass is 319 g/mol. The predicted molar refractivity (Wildman–Crippen MR) is 81.4 cm³/mol. The molecule has 0 saturated heterocycles. The molecule has 0 N–H and O–H groups in total. The van der Waals surface area contributed by atoms with Crippen molar-refractivity contribution in [3.8, 4) is 0 Å². The highest BCUT2D eigenvalue weighted by atomic mass is 35.5. The predicted octanol–water partition coefficient (Wildman–Crippen LogP) is 3.34. The summed E-state index contributed by atoms with van der Waals surface area (Å²) in [7, 11) is -3.86. The Balaban J connectivity index is 2.41. The van der Waals surface area contributed by atoms with Crippen molar-refractivity contribution in [3.63, 3.8) is 0 Å². The molecule has 0 amide bonds. The summed E-state index contributed by atoms with van der Waals surface area (Å²) < 4.78 is 26.5. The van der Waals surface area contributed by atoms with Crippen molar-refractivity contribution in [2.24, 2.45) is 0 Å². The first-order valence-electron chi connectivity index (χ1n) is 6.12. The molecule has 0 unspecified atom stereocenters. The largest absolute Gasteiger partial charge is 0.298 e. The number of halogens is 1. The standard InChI is InChI=1S/C15H10ClNO3S/c16-15-13(10-18)12-8-4-5-9-14(12)17(15)21(19,20)11-6-2-1-3-7-11/h1-10H. The van der Waals surface area contributed by atoms with E-state index in [-0.39, 0.29) is 15.6 Å². The number of hydrogen-bond acceptors (Lipinski definition) is 3. The second-order valence-electron chi connectivity index (χ2n) is 4.42. The lowest BCUT2D eigenvalue weighted by atomic mass is 10.2. The van der Waals surface area contributed by atoms with Crippen LogP contribution in [0.25, 0.3) is 10.9 Å². The Morgan fingerprint density at radius 2 is 1.57 bits per heavy atom. The summed E-state index contributed by atoms with van der Waals surface area (Å²) >= 11 is 6.14. The molecule has 6 heteroatoms. The number of carbonyl (C=O) groups excluding carboxylic acids is 1. The number of carbonyl (C=O) groups is 1. The van der Waals surface area contributed by atoms with E-state index < -0.39 is 10.0 Å². The van der Waals surface area contributed by atoms with Gasteiger partial charge in [-0.3, -0.25) is 4.79 Å². The van der Waals surface area contributed by atoms with Crippen LogP contribution in [0, 0.1) is 0 Å². The summed E-state index contributed by atoms with van der Waals surface area (Å²) in [5.41, 5.74) is 0.556. The summed E-state index contributed by atoms with van der Waals surface area (Å²) in [5.74, 6) is 0. The van der Waals surface area contributed by atoms with Crippen molar-refractivity contribution in [2.75, 3.05) is 0 Å². The molecule has 1 heterocycles. The molecule has 3 rings (SSSR count). The molecule has 106 valence electrons. The summed E-state index contributed by atoms with van der Waals surface area (Å²) in [6.07, 6.45) is 0.571. The topological polar surface area (TPSA) is 56.1 Å². The number of nitrogens with zero attached hydrogens (tertiary/aromatic N) is 1. The van der Waals surface area contributed by atoms with Crippen LogP contribution in [-0.4, -0.2) is 18.7 Å². The van der Waals surface area contributed by atoms with Gasteiger partial charge in [-0.25, -0.2) is 12.4 Å². The van der Waals surface area contributed by atoms with E-state index in [1.54, 1.807) is 42.5 Å². The van der Waals surface area contributed by atoms with Gasteiger partial charge in [-0.15, -0.1) is 0 Å². The molecule has 0 atom stereocenters. The molecule has 21 heavy (non-hydrogen) atoms. The number of fused-ring (bicyclic) bond motifs is 1. The van der Waals surface area contributed by atoms with Crippen molar-refractivity contribution in [1.82, 2.24) is 3.97 Å². The number of rotatable bonds is 3. The Hall–Kier alpha value is -2.11. The van der Waals surface area contributed by atoms with Gasteiger partial charge in [0, 0.05) is 5.39 Å². The SMILES string of the molecule is O=Cc1c(Cl)n(S(=O)(=O)c2ccccc2)c2ccccc12. The van der Waals surface area contributed by atoms with Gasteiger partial charge in [-0.05, 0) is 18.2 Å². The van der Waals surface area contributed by atoms with Crippen LogP contribution in [0.3, 0.4) is 0 Å². The van der Waals surface area contributed by atoms with E-state index in [0.29, 0.717) is 17.2 Å². The van der Waals surface area contributed by atoms with Crippen LogP contribution in [0.1, 0.15) is 10.4 Å². The summed E-state index contributed by atoms with van der Waals surface area (Å²) in [5, 5.41) is 0.409. The van der Waals surface area contributed by atoms with E-state index in [2.05, 4.69) is 0 Å². The second kappa shape index (κ2) is 5.02. The van der Waals surface area contributed by atoms with E-state index in [1.807, 2.05) is 0 Å². The van der Waals surface area contributed by atoms with Gasteiger partial charge >= 0.3 is 0 Å². The molecule has 1 aromatic heterocycles. The van der Waals surface area contributed by atoms with Gasteiger partial charge in [0.2, 0.25) is 0 Å². The molecule has 0 aliphatic rings. The Morgan fingerprint density at radius 3 is 2.24 bits per heavy atom. The third-order valence-electron chi connectivity index (χ3n) is 3.21. The molecule has 0 aliphatic carbocycles. The molecular weight excluding hydrogens is 310 g/mol. The summed E-state index contributed by atoms with van der Waals surface area (Å²) in [6, 6.07) is 14.7. The molecule has 4 nitrogen and oxygen atoms in total. The first-order chi connectivity index (χ1) is 10.1. The first kappa shape index (κ1) is 13.9. The van der Waals surface area contributed by atoms with Gasteiger partial charge in [-0.2, -0.15) is 0 Å². The van der Waals surface area contributed by atoms with E-state index in [9.17, 15) is 13.2 Å². The zero-order chi connectivity index (χ0) is 15.0.